The number of hydrogen-bond donors (Lipinski definition) is 1. The number of aromatic nitrogens is 3. The third kappa shape index (κ3) is 2.11. The van der Waals surface area contributed by atoms with E-state index < -0.39 is 0 Å². The number of benzene rings is 1. The summed E-state index contributed by atoms with van der Waals surface area (Å²) < 4.78 is 5.33. The van der Waals surface area contributed by atoms with Gasteiger partial charge in [0.05, 0.1) is 7.11 Å². The van der Waals surface area contributed by atoms with Crippen molar-refractivity contribution in [2.75, 3.05) is 12.8 Å². The number of rotatable bonds is 2. The Hall–Kier alpha value is -2.17. The molecule has 0 spiro atoms. The molecule has 0 fully saturated rings. The monoisotopic (exact) mass is 244 g/mol. The molecule has 0 amide bonds. The maximum atomic E-state index is 5.88. The third-order valence-corrected chi connectivity index (χ3v) is 2.76. The van der Waals surface area contributed by atoms with Crippen molar-refractivity contribution in [2.24, 2.45) is 0 Å². The lowest BCUT2D eigenvalue weighted by molar-refractivity contribution is 0.408. The van der Waals surface area contributed by atoms with E-state index in [9.17, 15) is 0 Å². The molecule has 0 bridgehead atoms. The maximum Gasteiger partial charge on any atom is 0.154 e. The molecule has 2 rings (SSSR count). The van der Waals surface area contributed by atoms with Crippen molar-refractivity contribution in [3.63, 3.8) is 0 Å². The molecule has 5 heteroatoms. The maximum absolute atomic E-state index is 5.88. The highest BCUT2D eigenvalue weighted by molar-refractivity contribution is 5.71. The number of ether oxygens (including phenoxy) is 1. The van der Waals surface area contributed by atoms with E-state index >= 15 is 0 Å². The normalized spacial score (nSPS) is 10.4. The molecule has 0 aliphatic carbocycles. The fourth-order valence-electron chi connectivity index (χ4n) is 2.04. The van der Waals surface area contributed by atoms with Crippen molar-refractivity contribution < 1.29 is 4.74 Å². The van der Waals surface area contributed by atoms with Gasteiger partial charge in [0.15, 0.2) is 5.82 Å². The zero-order valence-corrected chi connectivity index (χ0v) is 11.0. The van der Waals surface area contributed by atoms with Gasteiger partial charge in [0, 0.05) is 5.56 Å². The second kappa shape index (κ2) is 4.60. The van der Waals surface area contributed by atoms with E-state index in [0.717, 1.165) is 22.4 Å². The second-order valence-corrected chi connectivity index (χ2v) is 4.24. The van der Waals surface area contributed by atoms with E-state index in [4.69, 9.17) is 10.5 Å². The van der Waals surface area contributed by atoms with E-state index in [1.54, 1.807) is 14.0 Å². The van der Waals surface area contributed by atoms with Crippen LogP contribution in [-0.2, 0) is 0 Å². The first-order valence-corrected chi connectivity index (χ1v) is 5.65. The van der Waals surface area contributed by atoms with Crippen molar-refractivity contribution in [1.82, 2.24) is 15.2 Å². The van der Waals surface area contributed by atoms with Gasteiger partial charge in [-0.25, -0.2) is 4.98 Å². The van der Waals surface area contributed by atoms with Crippen molar-refractivity contribution >= 4 is 5.82 Å². The zero-order valence-electron chi connectivity index (χ0n) is 11.0. The zero-order chi connectivity index (χ0) is 13.3. The highest BCUT2D eigenvalue weighted by Gasteiger charge is 2.11. The molecule has 0 aliphatic heterocycles. The lowest BCUT2D eigenvalue weighted by Crippen LogP contribution is -2.02. The number of nitrogens with two attached hydrogens (primary N) is 1. The SMILES string of the molecule is COc1c(C)cc(-c2nnc(C)nc2N)cc1C. The first-order chi connectivity index (χ1) is 8.52. The van der Waals surface area contributed by atoms with Crippen LogP contribution in [0.3, 0.4) is 0 Å². The van der Waals surface area contributed by atoms with Gasteiger partial charge in [-0.15, -0.1) is 10.2 Å². The fraction of sp³-hybridized carbons (Fsp3) is 0.308. The quantitative estimate of drug-likeness (QED) is 0.875. The van der Waals surface area contributed by atoms with E-state index in [1.807, 2.05) is 26.0 Å². The summed E-state index contributed by atoms with van der Waals surface area (Å²) in [5.74, 6) is 1.84. The van der Waals surface area contributed by atoms with Crippen LogP contribution in [-0.4, -0.2) is 22.3 Å². The van der Waals surface area contributed by atoms with Gasteiger partial charge in [-0.2, -0.15) is 0 Å². The molecule has 0 unspecified atom stereocenters. The van der Waals surface area contributed by atoms with Gasteiger partial charge in [0.1, 0.15) is 17.3 Å². The standard InChI is InChI=1S/C13H16N4O/c1-7-5-10(6-8(2)12(7)18-4)11-13(14)15-9(3)16-17-11/h5-6H,1-4H3,(H2,14,15,16). The van der Waals surface area contributed by atoms with Gasteiger partial charge >= 0.3 is 0 Å². The molecule has 0 aliphatic rings. The molecule has 0 saturated carbocycles. The third-order valence-electron chi connectivity index (χ3n) is 2.76. The first-order valence-electron chi connectivity index (χ1n) is 5.65. The van der Waals surface area contributed by atoms with Crippen molar-refractivity contribution in [3.05, 3.63) is 29.1 Å². The summed E-state index contributed by atoms with van der Waals surface area (Å²) in [4.78, 5) is 4.12. The molecule has 1 aromatic carbocycles. The van der Waals surface area contributed by atoms with Crippen LogP contribution in [0.5, 0.6) is 5.75 Å². The molecule has 18 heavy (non-hydrogen) atoms. The van der Waals surface area contributed by atoms with Crippen molar-refractivity contribution in [1.29, 1.82) is 0 Å². The van der Waals surface area contributed by atoms with Crippen LogP contribution in [0, 0.1) is 20.8 Å². The Bertz CT molecular complexity index is 573. The summed E-state index contributed by atoms with van der Waals surface area (Å²) in [5.41, 5.74) is 9.46. The lowest BCUT2D eigenvalue weighted by Gasteiger charge is -2.11. The number of nitrogen functional groups attached to an aromatic ring is 1. The van der Waals surface area contributed by atoms with Crippen LogP contribution in [0.2, 0.25) is 0 Å². The Kier molecular flexibility index (Phi) is 3.14. The molecule has 0 atom stereocenters. The molecule has 1 heterocycles. The van der Waals surface area contributed by atoms with Gasteiger partial charge in [-0.05, 0) is 44.0 Å². The average molecular weight is 244 g/mol. The summed E-state index contributed by atoms with van der Waals surface area (Å²) in [7, 11) is 1.66. The molecule has 0 radical (unpaired) electrons. The van der Waals surface area contributed by atoms with Crippen LogP contribution in [0.1, 0.15) is 17.0 Å². The number of methoxy groups -OCH3 is 1. The van der Waals surface area contributed by atoms with Crippen LogP contribution in [0.25, 0.3) is 11.3 Å². The smallest absolute Gasteiger partial charge is 0.154 e. The molecule has 94 valence electrons. The summed E-state index contributed by atoms with van der Waals surface area (Å²) >= 11 is 0. The van der Waals surface area contributed by atoms with E-state index in [1.165, 1.54) is 0 Å². The summed E-state index contributed by atoms with van der Waals surface area (Å²) in [6, 6.07) is 3.95. The minimum Gasteiger partial charge on any atom is -0.496 e. The molecular weight excluding hydrogens is 228 g/mol. The van der Waals surface area contributed by atoms with Crippen LogP contribution in [0.15, 0.2) is 12.1 Å². The molecule has 2 aromatic rings. The predicted octanol–water partition coefficient (Wildman–Crippen LogP) is 2.05. The van der Waals surface area contributed by atoms with E-state index in [-0.39, 0.29) is 0 Å². The van der Waals surface area contributed by atoms with Crippen LogP contribution in [0.4, 0.5) is 5.82 Å². The Morgan fingerprint density at radius 1 is 1.06 bits per heavy atom. The van der Waals surface area contributed by atoms with Gasteiger partial charge in [0.25, 0.3) is 0 Å². The van der Waals surface area contributed by atoms with E-state index in [2.05, 4.69) is 15.2 Å². The first kappa shape index (κ1) is 12.3. The van der Waals surface area contributed by atoms with E-state index in [0.29, 0.717) is 17.3 Å². The van der Waals surface area contributed by atoms with Gasteiger partial charge in [0.2, 0.25) is 0 Å². The van der Waals surface area contributed by atoms with Crippen molar-refractivity contribution in [3.8, 4) is 17.0 Å². The largest absolute Gasteiger partial charge is 0.496 e. The molecule has 0 saturated heterocycles. The van der Waals surface area contributed by atoms with Gasteiger partial charge in [-0.1, -0.05) is 0 Å². The van der Waals surface area contributed by atoms with Gasteiger partial charge < -0.3 is 10.5 Å². The fourth-order valence-corrected chi connectivity index (χ4v) is 2.04. The highest BCUT2D eigenvalue weighted by Crippen LogP contribution is 2.30. The topological polar surface area (TPSA) is 73.9 Å². The number of anilines is 1. The summed E-state index contributed by atoms with van der Waals surface area (Å²) in [6.45, 7) is 5.73. The summed E-state index contributed by atoms with van der Waals surface area (Å²) in [6.07, 6.45) is 0. The predicted molar refractivity (Wildman–Crippen MR) is 70.4 cm³/mol. The molecule has 1 aromatic heterocycles. The minimum absolute atomic E-state index is 0.395. The Morgan fingerprint density at radius 3 is 2.17 bits per heavy atom. The number of nitrogens with zero attached hydrogens (tertiary/aromatic N) is 3. The average Bonchev–Trinajstić information content (AvgIpc) is 2.28. The molecular formula is C13H16N4O. The van der Waals surface area contributed by atoms with Gasteiger partial charge in [-0.3, -0.25) is 0 Å². The number of hydrogen-bond acceptors (Lipinski definition) is 5. The Morgan fingerprint density at radius 2 is 1.67 bits per heavy atom. The van der Waals surface area contributed by atoms with Crippen molar-refractivity contribution in [2.45, 2.75) is 20.8 Å². The second-order valence-electron chi connectivity index (χ2n) is 4.24. The number of aryl methyl sites for hydroxylation is 3. The lowest BCUT2D eigenvalue weighted by atomic mass is 10.0. The Balaban J connectivity index is 2.58. The van der Waals surface area contributed by atoms with Crippen LogP contribution < -0.4 is 10.5 Å². The molecule has 2 N–H and O–H groups in total. The summed E-state index contributed by atoms with van der Waals surface area (Å²) in [5, 5.41) is 8.05. The van der Waals surface area contributed by atoms with Crippen LogP contribution >= 0.6 is 0 Å². The Labute approximate surface area is 106 Å². The minimum atomic E-state index is 0.395. The molecule has 5 nitrogen and oxygen atoms in total. The highest BCUT2D eigenvalue weighted by atomic mass is 16.5.